The number of piperidine rings is 1. The molecule has 2 atom stereocenters. The van der Waals surface area contributed by atoms with Crippen LogP contribution in [0.1, 0.15) is 6.42 Å². The molecular weight excluding hydrogens is 549 g/mol. The van der Waals surface area contributed by atoms with Crippen LogP contribution >= 0.6 is 0 Å². The highest BCUT2D eigenvalue weighted by Gasteiger charge is 2.40. The average Bonchev–Trinajstić information content (AvgIpc) is 3.62. The van der Waals surface area contributed by atoms with E-state index in [0.29, 0.717) is 17.2 Å². The Labute approximate surface area is 227 Å². The summed E-state index contributed by atoms with van der Waals surface area (Å²) in [5.41, 5.74) is 0.301. The van der Waals surface area contributed by atoms with Gasteiger partial charge in [0.05, 0.1) is 44.0 Å². The van der Waals surface area contributed by atoms with E-state index >= 15 is 0 Å². The number of carbonyl (C=O) groups is 1. The van der Waals surface area contributed by atoms with Crippen LogP contribution in [0, 0.1) is 11.7 Å². The molecule has 0 unspecified atom stereocenters. The van der Waals surface area contributed by atoms with Crippen molar-refractivity contribution in [1.29, 1.82) is 0 Å². The third-order valence-corrected chi connectivity index (χ3v) is 8.04. The Morgan fingerprint density at radius 3 is 2.40 bits per heavy atom. The number of aliphatic carboxylic acids is 1. The number of sulfonamides is 1. The fourth-order valence-corrected chi connectivity index (χ4v) is 5.89. The standard InChI is InChI=1S/C24H24FN7O7S/c1-37-17-5-3-6-18(38-2)20(17)32-21(19-7-4-8-39-19)28-29-24(32)30-40(35,36)16-9-14(22(33)34)12-31(13-16)23-26-10-15(25)11-27-23/h3-8,10-11,14,16H,9,12-13H2,1-2H3,(H,29,30)(H,33,34)/t14-,16+/m0/s1. The summed E-state index contributed by atoms with van der Waals surface area (Å²) < 4.78 is 61.3. The second-order valence-corrected chi connectivity index (χ2v) is 10.8. The van der Waals surface area contributed by atoms with Crippen LogP contribution in [0.25, 0.3) is 17.3 Å². The minimum atomic E-state index is -4.30. The van der Waals surface area contributed by atoms with Crippen LogP contribution in [0.15, 0.2) is 53.4 Å². The summed E-state index contributed by atoms with van der Waals surface area (Å²) >= 11 is 0. The van der Waals surface area contributed by atoms with Gasteiger partial charge in [0, 0.05) is 13.1 Å². The smallest absolute Gasteiger partial charge is 0.308 e. The number of methoxy groups -OCH3 is 2. The second-order valence-electron chi connectivity index (χ2n) is 8.82. The number of aromatic nitrogens is 5. The zero-order valence-electron chi connectivity index (χ0n) is 21.3. The molecule has 1 aliphatic heterocycles. The predicted octanol–water partition coefficient (Wildman–Crippen LogP) is 2.19. The van der Waals surface area contributed by atoms with Gasteiger partial charge in [0.1, 0.15) is 17.2 Å². The molecule has 1 fully saturated rings. The summed E-state index contributed by atoms with van der Waals surface area (Å²) in [6.07, 6.45) is 3.08. The highest BCUT2D eigenvalue weighted by atomic mass is 32.2. The molecule has 0 aliphatic carbocycles. The molecule has 40 heavy (non-hydrogen) atoms. The minimum absolute atomic E-state index is 0.00887. The number of furan rings is 1. The molecule has 1 saturated heterocycles. The largest absolute Gasteiger partial charge is 0.494 e. The first-order valence-corrected chi connectivity index (χ1v) is 13.4. The Hall–Kier alpha value is -4.73. The number of anilines is 2. The van der Waals surface area contributed by atoms with Crippen molar-refractivity contribution in [2.75, 3.05) is 36.9 Å². The van der Waals surface area contributed by atoms with E-state index in [1.807, 2.05) is 0 Å². The lowest BCUT2D eigenvalue weighted by Crippen LogP contribution is -2.50. The summed E-state index contributed by atoms with van der Waals surface area (Å²) in [6, 6.07) is 8.27. The highest BCUT2D eigenvalue weighted by Crippen LogP contribution is 2.38. The minimum Gasteiger partial charge on any atom is -0.494 e. The number of benzene rings is 1. The monoisotopic (exact) mass is 573 g/mol. The first-order chi connectivity index (χ1) is 19.2. The molecule has 4 aromatic rings. The quantitative estimate of drug-likeness (QED) is 0.299. The van der Waals surface area contributed by atoms with Crippen molar-refractivity contribution in [3.63, 3.8) is 0 Å². The molecule has 0 saturated carbocycles. The van der Waals surface area contributed by atoms with E-state index in [9.17, 15) is 22.7 Å². The van der Waals surface area contributed by atoms with Crippen LogP contribution in [0.5, 0.6) is 11.5 Å². The van der Waals surface area contributed by atoms with Gasteiger partial charge in [-0.1, -0.05) is 6.07 Å². The first-order valence-electron chi connectivity index (χ1n) is 11.9. The van der Waals surface area contributed by atoms with E-state index in [-0.39, 0.29) is 43.0 Å². The van der Waals surface area contributed by atoms with Gasteiger partial charge in [-0.3, -0.25) is 14.1 Å². The molecule has 0 bridgehead atoms. The Balaban J connectivity index is 1.56. The van der Waals surface area contributed by atoms with E-state index in [0.717, 1.165) is 12.4 Å². The van der Waals surface area contributed by atoms with E-state index in [4.69, 9.17) is 13.9 Å². The van der Waals surface area contributed by atoms with Crippen molar-refractivity contribution < 1.29 is 36.6 Å². The fourth-order valence-electron chi connectivity index (χ4n) is 4.48. The van der Waals surface area contributed by atoms with Gasteiger partial charge in [-0.05, 0) is 30.7 Å². The topological polar surface area (TPSA) is 175 Å². The molecule has 0 spiro atoms. The Bertz CT molecular complexity index is 1590. The number of hydrogen-bond acceptors (Lipinski definition) is 11. The molecule has 0 amide bonds. The van der Waals surface area contributed by atoms with Gasteiger partial charge in [-0.25, -0.2) is 22.8 Å². The van der Waals surface area contributed by atoms with Crippen molar-refractivity contribution in [3.8, 4) is 28.8 Å². The third-order valence-electron chi connectivity index (χ3n) is 6.35. The summed E-state index contributed by atoms with van der Waals surface area (Å²) in [7, 11) is -1.41. The van der Waals surface area contributed by atoms with Crippen LogP contribution in [0.2, 0.25) is 0 Å². The molecule has 1 aliphatic rings. The summed E-state index contributed by atoms with van der Waals surface area (Å²) in [5.74, 6) is -2.03. The predicted molar refractivity (Wildman–Crippen MR) is 138 cm³/mol. The first kappa shape index (κ1) is 26.9. The number of nitrogens with one attached hydrogen (secondary N) is 1. The third kappa shape index (κ3) is 5.12. The lowest BCUT2D eigenvalue weighted by atomic mass is 9.98. The number of ether oxygens (including phenoxy) is 2. The maximum Gasteiger partial charge on any atom is 0.308 e. The van der Waals surface area contributed by atoms with E-state index in [1.54, 1.807) is 30.3 Å². The van der Waals surface area contributed by atoms with Crippen molar-refractivity contribution in [2.45, 2.75) is 11.7 Å². The molecule has 3 aromatic heterocycles. The summed E-state index contributed by atoms with van der Waals surface area (Å²) in [6.45, 7) is -0.202. The summed E-state index contributed by atoms with van der Waals surface area (Å²) in [4.78, 5) is 21.1. The van der Waals surface area contributed by atoms with Gasteiger partial charge in [0.2, 0.25) is 27.7 Å². The molecule has 5 rings (SSSR count). The number of para-hydroxylation sites is 1. The molecule has 210 valence electrons. The molecule has 1 aromatic carbocycles. The van der Waals surface area contributed by atoms with Crippen molar-refractivity contribution in [2.24, 2.45) is 5.92 Å². The van der Waals surface area contributed by atoms with Crippen molar-refractivity contribution >= 4 is 27.9 Å². The van der Waals surface area contributed by atoms with Gasteiger partial charge in [0.25, 0.3) is 0 Å². The van der Waals surface area contributed by atoms with Gasteiger partial charge in [-0.2, -0.15) is 0 Å². The van der Waals surface area contributed by atoms with Crippen LogP contribution < -0.4 is 19.1 Å². The number of carboxylic acid groups (broad SMARTS) is 1. The van der Waals surface area contributed by atoms with Gasteiger partial charge < -0.3 is 23.9 Å². The molecule has 4 heterocycles. The summed E-state index contributed by atoms with van der Waals surface area (Å²) in [5, 5.41) is 16.7. The second kappa shape index (κ2) is 10.8. The number of hydrogen-bond donors (Lipinski definition) is 2. The Morgan fingerprint density at radius 1 is 1.10 bits per heavy atom. The lowest BCUT2D eigenvalue weighted by molar-refractivity contribution is -0.141. The molecule has 0 radical (unpaired) electrons. The SMILES string of the molecule is COc1cccc(OC)c1-n1c(NS(=O)(=O)[C@@H]2C[C@H](C(=O)O)CN(c3ncc(F)cn3)C2)nnc1-c1ccco1. The molecule has 16 heteroatoms. The Morgan fingerprint density at radius 2 is 1.80 bits per heavy atom. The van der Waals surface area contributed by atoms with Crippen molar-refractivity contribution in [1.82, 2.24) is 24.7 Å². The lowest BCUT2D eigenvalue weighted by Gasteiger charge is -2.35. The molecular formula is C24H24FN7O7S. The fraction of sp³-hybridized carbons (Fsp3) is 0.292. The zero-order chi connectivity index (χ0) is 28.4. The Kier molecular flexibility index (Phi) is 7.25. The van der Waals surface area contributed by atoms with Crippen LogP contribution in [0.4, 0.5) is 16.3 Å². The van der Waals surface area contributed by atoms with Gasteiger partial charge >= 0.3 is 5.97 Å². The maximum atomic E-state index is 13.7. The zero-order valence-corrected chi connectivity index (χ0v) is 22.1. The van der Waals surface area contributed by atoms with E-state index < -0.39 is 33.0 Å². The highest BCUT2D eigenvalue weighted by molar-refractivity contribution is 7.93. The van der Waals surface area contributed by atoms with Crippen LogP contribution in [0.3, 0.4) is 0 Å². The normalized spacial score (nSPS) is 17.4. The maximum absolute atomic E-state index is 13.7. The van der Waals surface area contributed by atoms with Crippen molar-refractivity contribution in [3.05, 3.63) is 54.8 Å². The average molecular weight is 574 g/mol. The van der Waals surface area contributed by atoms with E-state index in [2.05, 4.69) is 24.9 Å². The van der Waals surface area contributed by atoms with Crippen LogP contribution in [-0.4, -0.2) is 76.8 Å². The number of rotatable bonds is 9. The van der Waals surface area contributed by atoms with Crippen LogP contribution in [-0.2, 0) is 14.8 Å². The molecule has 14 nitrogen and oxygen atoms in total. The molecule has 2 N–H and O–H groups in total. The van der Waals surface area contributed by atoms with Gasteiger partial charge in [0.15, 0.2) is 11.6 Å². The number of carboxylic acids is 1. The number of halogens is 1. The van der Waals surface area contributed by atoms with E-state index in [1.165, 1.54) is 29.9 Å². The number of nitrogens with zero attached hydrogens (tertiary/aromatic N) is 6. The van der Waals surface area contributed by atoms with Gasteiger partial charge in [-0.15, -0.1) is 10.2 Å².